The predicted octanol–water partition coefficient (Wildman–Crippen LogP) is 3.74. The van der Waals surface area contributed by atoms with Crippen LogP contribution in [0.25, 0.3) is 0 Å². The highest BCUT2D eigenvalue weighted by Crippen LogP contribution is 2.34. The van der Waals surface area contributed by atoms with Crippen molar-refractivity contribution in [1.82, 2.24) is 9.88 Å². The predicted molar refractivity (Wildman–Crippen MR) is 96.4 cm³/mol. The summed E-state index contributed by atoms with van der Waals surface area (Å²) in [7, 11) is 0. The van der Waals surface area contributed by atoms with Crippen LogP contribution in [0.5, 0.6) is 0 Å². The number of hydrogen-bond acceptors (Lipinski definition) is 4. The Bertz CT molecular complexity index is 706. The summed E-state index contributed by atoms with van der Waals surface area (Å²) in [4.78, 5) is 18.6. The molecule has 4 nitrogen and oxygen atoms in total. The Morgan fingerprint density at radius 3 is 2.58 bits per heavy atom. The smallest absolute Gasteiger partial charge is 0.308 e. The Balaban J connectivity index is 1.74. The van der Waals surface area contributed by atoms with E-state index in [4.69, 9.17) is 4.98 Å². The molecule has 128 valence electrons. The summed E-state index contributed by atoms with van der Waals surface area (Å²) in [5.41, 5.74) is 2.27. The van der Waals surface area contributed by atoms with E-state index in [1.165, 1.54) is 0 Å². The average Bonchev–Trinajstić information content (AvgIpc) is 3.15. The van der Waals surface area contributed by atoms with Gasteiger partial charge in [-0.15, -0.1) is 11.3 Å². The minimum atomic E-state index is -0.708. The van der Waals surface area contributed by atoms with E-state index in [-0.39, 0.29) is 17.3 Å². The molecule has 0 amide bonds. The van der Waals surface area contributed by atoms with Crippen LogP contribution in [-0.2, 0) is 16.8 Å². The zero-order valence-corrected chi connectivity index (χ0v) is 15.2. The zero-order chi connectivity index (χ0) is 17.3. The monoisotopic (exact) mass is 344 g/mol. The number of aliphatic carboxylic acids is 1. The van der Waals surface area contributed by atoms with Gasteiger partial charge in [0.2, 0.25) is 0 Å². The van der Waals surface area contributed by atoms with Gasteiger partial charge >= 0.3 is 5.97 Å². The van der Waals surface area contributed by atoms with Crippen molar-refractivity contribution in [2.45, 2.75) is 38.6 Å². The molecule has 5 heteroatoms. The molecule has 1 aliphatic rings. The van der Waals surface area contributed by atoms with Gasteiger partial charge in [-0.25, -0.2) is 4.98 Å². The van der Waals surface area contributed by atoms with Crippen LogP contribution >= 0.6 is 11.3 Å². The number of benzene rings is 1. The molecule has 2 heterocycles. The van der Waals surface area contributed by atoms with Crippen LogP contribution < -0.4 is 0 Å². The van der Waals surface area contributed by atoms with Crippen molar-refractivity contribution in [2.75, 3.05) is 13.1 Å². The molecule has 1 aromatic heterocycles. The van der Waals surface area contributed by atoms with Crippen molar-refractivity contribution in [3.63, 3.8) is 0 Å². The highest BCUT2D eigenvalue weighted by molar-refractivity contribution is 7.09. The van der Waals surface area contributed by atoms with E-state index in [1.807, 2.05) is 30.3 Å². The van der Waals surface area contributed by atoms with Crippen LogP contribution in [0.15, 0.2) is 35.7 Å². The molecule has 1 aromatic carbocycles. The molecule has 0 saturated carbocycles. The Morgan fingerprint density at radius 1 is 1.29 bits per heavy atom. The van der Waals surface area contributed by atoms with Crippen molar-refractivity contribution in [3.8, 4) is 0 Å². The maximum absolute atomic E-state index is 11.7. The van der Waals surface area contributed by atoms with E-state index in [1.54, 1.807) is 11.3 Å². The summed E-state index contributed by atoms with van der Waals surface area (Å²) in [5, 5.41) is 12.8. The summed E-state index contributed by atoms with van der Waals surface area (Å²) in [6.45, 7) is 8.56. The Hall–Kier alpha value is -1.72. The first-order valence-corrected chi connectivity index (χ1v) is 9.17. The van der Waals surface area contributed by atoms with Gasteiger partial charge in [-0.3, -0.25) is 9.69 Å². The van der Waals surface area contributed by atoms with Gasteiger partial charge in [0.25, 0.3) is 0 Å². The normalized spacial score (nSPS) is 22.0. The third-order valence-corrected chi connectivity index (χ3v) is 5.45. The number of carbonyl (C=O) groups is 1. The lowest BCUT2D eigenvalue weighted by molar-refractivity contribution is -0.141. The summed E-state index contributed by atoms with van der Waals surface area (Å²) in [6.07, 6.45) is 0. The third-order valence-electron chi connectivity index (χ3n) is 4.62. The topological polar surface area (TPSA) is 53.4 Å². The zero-order valence-electron chi connectivity index (χ0n) is 14.4. The maximum Gasteiger partial charge on any atom is 0.308 e. The van der Waals surface area contributed by atoms with E-state index < -0.39 is 5.97 Å². The van der Waals surface area contributed by atoms with E-state index in [0.29, 0.717) is 6.54 Å². The lowest BCUT2D eigenvalue weighted by Crippen LogP contribution is -2.23. The minimum Gasteiger partial charge on any atom is -0.481 e. The molecule has 0 spiro atoms. The molecular weight excluding hydrogens is 320 g/mol. The minimum absolute atomic E-state index is 0.0470. The van der Waals surface area contributed by atoms with Gasteiger partial charge in [0.05, 0.1) is 18.2 Å². The Morgan fingerprint density at radius 2 is 2.00 bits per heavy atom. The maximum atomic E-state index is 11.7. The average molecular weight is 344 g/mol. The first-order chi connectivity index (χ1) is 11.3. The quantitative estimate of drug-likeness (QED) is 0.918. The molecule has 2 aromatic rings. The van der Waals surface area contributed by atoms with Crippen molar-refractivity contribution < 1.29 is 9.90 Å². The van der Waals surface area contributed by atoms with E-state index >= 15 is 0 Å². The summed E-state index contributed by atoms with van der Waals surface area (Å²) in [6, 6.07) is 9.99. The number of carboxylic acid groups (broad SMARTS) is 1. The highest BCUT2D eigenvalue weighted by atomic mass is 32.1. The molecule has 0 unspecified atom stereocenters. The van der Waals surface area contributed by atoms with Crippen LogP contribution in [0, 0.1) is 5.92 Å². The highest BCUT2D eigenvalue weighted by Gasteiger charge is 2.38. The lowest BCUT2D eigenvalue weighted by Gasteiger charge is -2.16. The molecule has 0 bridgehead atoms. The molecule has 1 aliphatic heterocycles. The Kier molecular flexibility index (Phi) is 4.74. The van der Waals surface area contributed by atoms with Crippen molar-refractivity contribution in [1.29, 1.82) is 0 Å². The van der Waals surface area contributed by atoms with E-state index in [2.05, 4.69) is 31.1 Å². The van der Waals surface area contributed by atoms with Gasteiger partial charge in [-0.1, -0.05) is 51.1 Å². The third kappa shape index (κ3) is 3.68. The first kappa shape index (κ1) is 17.1. The second kappa shape index (κ2) is 6.65. The standard InChI is InChI=1S/C19H24N2O2S/c1-19(2,3)16-12-24-17(20-16)11-21-9-14(15(10-21)18(22)23)13-7-5-4-6-8-13/h4-8,12,14-15H,9-11H2,1-3H3,(H,22,23)/t14-,15-/m1/s1. The van der Waals surface area contributed by atoms with Gasteiger partial charge in [0.1, 0.15) is 5.01 Å². The molecular formula is C19H24N2O2S. The van der Waals surface area contributed by atoms with Gasteiger partial charge in [-0.2, -0.15) is 0 Å². The summed E-state index contributed by atoms with van der Waals surface area (Å²) >= 11 is 1.67. The van der Waals surface area contributed by atoms with Gasteiger partial charge in [0.15, 0.2) is 0 Å². The van der Waals surface area contributed by atoms with Crippen molar-refractivity contribution in [3.05, 3.63) is 52.0 Å². The lowest BCUT2D eigenvalue weighted by atomic mass is 9.89. The molecule has 1 N–H and O–H groups in total. The summed E-state index contributed by atoms with van der Waals surface area (Å²) in [5.74, 6) is -1.01. The fourth-order valence-electron chi connectivity index (χ4n) is 3.22. The van der Waals surface area contributed by atoms with Gasteiger partial charge < -0.3 is 5.11 Å². The second-order valence-electron chi connectivity index (χ2n) is 7.53. The number of hydrogen-bond donors (Lipinski definition) is 1. The van der Waals surface area contributed by atoms with Crippen LogP contribution in [0.1, 0.15) is 43.0 Å². The molecule has 3 rings (SSSR count). The number of rotatable bonds is 4. The van der Waals surface area contributed by atoms with Crippen molar-refractivity contribution >= 4 is 17.3 Å². The molecule has 1 saturated heterocycles. The largest absolute Gasteiger partial charge is 0.481 e. The number of thiazole rings is 1. The Labute approximate surface area is 147 Å². The second-order valence-corrected chi connectivity index (χ2v) is 8.48. The number of nitrogens with zero attached hydrogens (tertiary/aromatic N) is 2. The van der Waals surface area contributed by atoms with Gasteiger partial charge in [0, 0.05) is 29.8 Å². The number of carboxylic acids is 1. The molecule has 2 atom stereocenters. The summed E-state index contributed by atoms with van der Waals surface area (Å²) < 4.78 is 0. The van der Waals surface area contributed by atoms with Crippen LogP contribution in [0.3, 0.4) is 0 Å². The van der Waals surface area contributed by atoms with Crippen molar-refractivity contribution in [2.24, 2.45) is 5.92 Å². The van der Waals surface area contributed by atoms with Crippen LogP contribution in [0.2, 0.25) is 0 Å². The van der Waals surface area contributed by atoms with Gasteiger partial charge in [-0.05, 0) is 5.56 Å². The molecule has 1 fully saturated rings. The SMILES string of the molecule is CC(C)(C)c1csc(CN2C[C@H](c3ccccc3)[C@H](C(=O)O)C2)n1. The van der Waals surface area contributed by atoms with E-state index in [0.717, 1.165) is 29.4 Å². The fourth-order valence-corrected chi connectivity index (χ4v) is 4.28. The number of aromatic nitrogens is 1. The number of likely N-dealkylation sites (tertiary alicyclic amines) is 1. The molecule has 0 radical (unpaired) electrons. The molecule has 24 heavy (non-hydrogen) atoms. The van der Waals surface area contributed by atoms with Crippen LogP contribution in [-0.4, -0.2) is 34.0 Å². The molecule has 0 aliphatic carbocycles. The van der Waals surface area contributed by atoms with E-state index in [9.17, 15) is 9.90 Å². The first-order valence-electron chi connectivity index (χ1n) is 8.29. The van der Waals surface area contributed by atoms with Crippen LogP contribution in [0.4, 0.5) is 0 Å². The fraction of sp³-hybridized carbons (Fsp3) is 0.474.